The van der Waals surface area contributed by atoms with Crippen LogP contribution in [-0.4, -0.2) is 50.7 Å². The SMILES string of the molecule is CC(C)NCCNCCC1CCN(C)CC1. The second-order valence-corrected chi connectivity index (χ2v) is 5.39. The maximum Gasteiger partial charge on any atom is 0.00790 e. The zero-order valence-corrected chi connectivity index (χ0v) is 11.3. The highest BCUT2D eigenvalue weighted by Crippen LogP contribution is 2.18. The molecule has 0 aromatic rings. The molecule has 1 aliphatic heterocycles. The van der Waals surface area contributed by atoms with Gasteiger partial charge in [0.1, 0.15) is 0 Å². The van der Waals surface area contributed by atoms with Gasteiger partial charge in [0.15, 0.2) is 0 Å². The molecule has 0 aromatic carbocycles. The summed E-state index contributed by atoms with van der Waals surface area (Å²) in [6.07, 6.45) is 4.14. The summed E-state index contributed by atoms with van der Waals surface area (Å²) in [5, 5.41) is 6.94. The van der Waals surface area contributed by atoms with Crippen molar-refractivity contribution in [3.8, 4) is 0 Å². The van der Waals surface area contributed by atoms with Crippen LogP contribution in [0.2, 0.25) is 0 Å². The number of likely N-dealkylation sites (tertiary alicyclic amines) is 1. The van der Waals surface area contributed by atoms with E-state index in [4.69, 9.17) is 0 Å². The normalized spacial score (nSPS) is 19.5. The van der Waals surface area contributed by atoms with Crippen molar-refractivity contribution in [1.82, 2.24) is 15.5 Å². The lowest BCUT2D eigenvalue weighted by atomic mass is 9.94. The largest absolute Gasteiger partial charge is 0.315 e. The van der Waals surface area contributed by atoms with Crippen molar-refractivity contribution < 1.29 is 0 Å². The fraction of sp³-hybridized carbons (Fsp3) is 1.00. The first-order chi connectivity index (χ1) is 7.68. The maximum atomic E-state index is 3.52. The van der Waals surface area contributed by atoms with Crippen LogP contribution >= 0.6 is 0 Å². The van der Waals surface area contributed by atoms with Gasteiger partial charge in [-0.05, 0) is 51.9 Å². The minimum absolute atomic E-state index is 0.607. The average Bonchev–Trinajstić information content (AvgIpc) is 2.25. The Kier molecular flexibility index (Phi) is 7.01. The van der Waals surface area contributed by atoms with Gasteiger partial charge >= 0.3 is 0 Å². The van der Waals surface area contributed by atoms with Gasteiger partial charge < -0.3 is 15.5 Å². The topological polar surface area (TPSA) is 27.3 Å². The lowest BCUT2D eigenvalue weighted by molar-refractivity contribution is 0.211. The summed E-state index contributed by atoms with van der Waals surface area (Å²) in [6, 6.07) is 0.607. The lowest BCUT2D eigenvalue weighted by Crippen LogP contribution is -2.34. The highest BCUT2D eigenvalue weighted by molar-refractivity contribution is 4.70. The molecule has 16 heavy (non-hydrogen) atoms. The maximum absolute atomic E-state index is 3.52. The third-order valence-electron chi connectivity index (χ3n) is 3.42. The van der Waals surface area contributed by atoms with Crippen LogP contribution in [0.5, 0.6) is 0 Å². The zero-order valence-electron chi connectivity index (χ0n) is 11.3. The molecule has 0 unspecified atom stereocenters. The van der Waals surface area contributed by atoms with E-state index in [0.717, 1.165) is 19.0 Å². The Morgan fingerprint density at radius 1 is 1.12 bits per heavy atom. The number of nitrogens with one attached hydrogen (secondary N) is 2. The van der Waals surface area contributed by atoms with Crippen LogP contribution in [0.3, 0.4) is 0 Å². The average molecular weight is 227 g/mol. The van der Waals surface area contributed by atoms with Crippen LogP contribution in [0.1, 0.15) is 33.1 Å². The number of rotatable bonds is 7. The first-order valence-electron chi connectivity index (χ1n) is 6.81. The Morgan fingerprint density at radius 2 is 1.81 bits per heavy atom. The molecule has 0 radical (unpaired) electrons. The lowest BCUT2D eigenvalue weighted by Gasteiger charge is -2.28. The monoisotopic (exact) mass is 227 g/mol. The molecule has 0 bridgehead atoms. The van der Waals surface area contributed by atoms with Crippen molar-refractivity contribution in [2.75, 3.05) is 39.8 Å². The van der Waals surface area contributed by atoms with Gasteiger partial charge in [-0.1, -0.05) is 13.8 Å². The molecule has 1 heterocycles. The second kappa shape index (κ2) is 8.04. The molecule has 1 fully saturated rings. The van der Waals surface area contributed by atoms with E-state index in [1.165, 1.54) is 38.9 Å². The van der Waals surface area contributed by atoms with E-state index in [0.29, 0.717) is 6.04 Å². The van der Waals surface area contributed by atoms with Gasteiger partial charge in [0.25, 0.3) is 0 Å². The Balaban J connectivity index is 1.87. The van der Waals surface area contributed by atoms with E-state index >= 15 is 0 Å². The van der Waals surface area contributed by atoms with E-state index in [1.807, 2.05) is 0 Å². The van der Waals surface area contributed by atoms with Gasteiger partial charge in [0, 0.05) is 19.1 Å². The molecule has 0 aromatic heterocycles. The molecular weight excluding hydrogens is 198 g/mol. The Hall–Kier alpha value is -0.120. The highest BCUT2D eigenvalue weighted by Gasteiger charge is 2.15. The smallest absolute Gasteiger partial charge is 0.00790 e. The third-order valence-corrected chi connectivity index (χ3v) is 3.42. The summed E-state index contributed by atoms with van der Waals surface area (Å²) >= 11 is 0. The molecule has 0 spiro atoms. The quantitative estimate of drug-likeness (QED) is 0.642. The minimum atomic E-state index is 0.607. The van der Waals surface area contributed by atoms with Crippen molar-refractivity contribution in [1.29, 1.82) is 0 Å². The van der Waals surface area contributed by atoms with E-state index in [9.17, 15) is 0 Å². The summed E-state index contributed by atoms with van der Waals surface area (Å²) < 4.78 is 0. The van der Waals surface area contributed by atoms with Crippen LogP contribution in [0.4, 0.5) is 0 Å². The highest BCUT2D eigenvalue weighted by atomic mass is 15.1. The molecule has 0 amide bonds. The summed E-state index contributed by atoms with van der Waals surface area (Å²) in [5.74, 6) is 0.960. The zero-order chi connectivity index (χ0) is 11.8. The molecule has 3 heteroatoms. The van der Waals surface area contributed by atoms with Crippen molar-refractivity contribution >= 4 is 0 Å². The van der Waals surface area contributed by atoms with Gasteiger partial charge in [-0.25, -0.2) is 0 Å². The Bertz CT molecular complexity index is 163. The standard InChI is InChI=1S/C13H29N3/c1-12(2)15-9-8-14-7-4-13-5-10-16(3)11-6-13/h12-15H,4-11H2,1-3H3. The summed E-state index contributed by atoms with van der Waals surface area (Å²) in [4.78, 5) is 2.44. The molecule has 2 N–H and O–H groups in total. The van der Waals surface area contributed by atoms with Crippen molar-refractivity contribution in [2.24, 2.45) is 5.92 Å². The van der Waals surface area contributed by atoms with E-state index in [-0.39, 0.29) is 0 Å². The van der Waals surface area contributed by atoms with Gasteiger partial charge in [0.2, 0.25) is 0 Å². The molecule has 0 atom stereocenters. The first-order valence-corrected chi connectivity index (χ1v) is 6.81. The molecule has 1 saturated heterocycles. The fourth-order valence-electron chi connectivity index (χ4n) is 2.23. The van der Waals surface area contributed by atoms with Crippen molar-refractivity contribution in [3.05, 3.63) is 0 Å². The van der Waals surface area contributed by atoms with Gasteiger partial charge in [-0.2, -0.15) is 0 Å². The summed E-state index contributed by atoms with van der Waals surface area (Å²) in [5.41, 5.74) is 0. The molecule has 1 aliphatic rings. The summed E-state index contributed by atoms with van der Waals surface area (Å²) in [6.45, 7) is 10.3. The number of hydrogen-bond donors (Lipinski definition) is 2. The van der Waals surface area contributed by atoms with E-state index in [2.05, 4.69) is 36.4 Å². The fourth-order valence-corrected chi connectivity index (χ4v) is 2.23. The minimum Gasteiger partial charge on any atom is -0.315 e. The van der Waals surface area contributed by atoms with Gasteiger partial charge in [0.05, 0.1) is 0 Å². The molecule has 96 valence electrons. The molecular formula is C13H29N3. The Labute approximate surface area is 101 Å². The van der Waals surface area contributed by atoms with Crippen LogP contribution in [0.25, 0.3) is 0 Å². The van der Waals surface area contributed by atoms with E-state index < -0.39 is 0 Å². The Morgan fingerprint density at radius 3 is 2.44 bits per heavy atom. The third kappa shape index (κ3) is 6.46. The van der Waals surface area contributed by atoms with Crippen LogP contribution in [0.15, 0.2) is 0 Å². The van der Waals surface area contributed by atoms with Crippen molar-refractivity contribution in [3.63, 3.8) is 0 Å². The molecule has 0 aliphatic carbocycles. The van der Waals surface area contributed by atoms with Gasteiger partial charge in [-0.3, -0.25) is 0 Å². The van der Waals surface area contributed by atoms with Crippen LogP contribution < -0.4 is 10.6 Å². The first kappa shape index (κ1) is 13.9. The predicted octanol–water partition coefficient (Wildman–Crippen LogP) is 1.31. The predicted molar refractivity (Wildman–Crippen MR) is 70.8 cm³/mol. The van der Waals surface area contributed by atoms with Crippen LogP contribution in [0, 0.1) is 5.92 Å². The number of nitrogens with zero attached hydrogens (tertiary/aromatic N) is 1. The number of hydrogen-bond acceptors (Lipinski definition) is 3. The molecule has 0 saturated carbocycles. The summed E-state index contributed by atoms with van der Waals surface area (Å²) in [7, 11) is 2.23. The van der Waals surface area contributed by atoms with Crippen LogP contribution in [-0.2, 0) is 0 Å². The van der Waals surface area contributed by atoms with Crippen molar-refractivity contribution in [2.45, 2.75) is 39.2 Å². The number of piperidine rings is 1. The van der Waals surface area contributed by atoms with Gasteiger partial charge in [-0.15, -0.1) is 0 Å². The van der Waals surface area contributed by atoms with E-state index in [1.54, 1.807) is 0 Å². The molecule has 3 nitrogen and oxygen atoms in total. The second-order valence-electron chi connectivity index (χ2n) is 5.39. The molecule has 1 rings (SSSR count).